The van der Waals surface area contributed by atoms with Crippen molar-refractivity contribution in [2.24, 2.45) is 0 Å². The Morgan fingerprint density at radius 3 is 2.72 bits per heavy atom. The molecule has 0 aliphatic carbocycles. The van der Waals surface area contributed by atoms with Crippen LogP contribution in [0.1, 0.15) is 12.8 Å². The molecule has 1 atom stereocenters. The first kappa shape index (κ1) is 13.5. The van der Waals surface area contributed by atoms with Crippen LogP contribution in [0.25, 0.3) is 0 Å². The predicted molar refractivity (Wildman–Crippen MR) is 67.1 cm³/mol. The third kappa shape index (κ3) is 3.54. The third-order valence-electron chi connectivity index (χ3n) is 2.68. The van der Waals surface area contributed by atoms with E-state index in [9.17, 15) is 8.42 Å². The minimum Gasteiger partial charge on any atom is -0.459 e. The Balaban J connectivity index is 2.00. The molecule has 0 unspecified atom stereocenters. The molecule has 0 aromatic carbocycles. The summed E-state index contributed by atoms with van der Waals surface area (Å²) in [5.41, 5.74) is 0. The summed E-state index contributed by atoms with van der Waals surface area (Å²) in [6.45, 7) is 0.880. The number of nitrogens with zero attached hydrogens (tertiary/aromatic N) is 3. The molecular formula is C10H14ClN3O3S. The molecule has 8 heteroatoms. The van der Waals surface area contributed by atoms with E-state index in [4.69, 9.17) is 16.3 Å². The van der Waals surface area contributed by atoms with Crippen molar-refractivity contribution in [3.05, 3.63) is 17.4 Å². The molecular weight excluding hydrogens is 278 g/mol. The molecule has 0 N–H and O–H groups in total. The third-order valence-corrected chi connectivity index (χ3v) is 4.14. The second-order valence-electron chi connectivity index (χ2n) is 4.19. The maximum atomic E-state index is 11.5. The zero-order chi connectivity index (χ0) is 13.2. The zero-order valence-corrected chi connectivity index (χ0v) is 11.5. The molecule has 1 fully saturated rings. The molecule has 0 amide bonds. The van der Waals surface area contributed by atoms with Gasteiger partial charge in [-0.05, 0) is 12.8 Å². The number of piperidine rings is 1. The van der Waals surface area contributed by atoms with E-state index in [-0.39, 0.29) is 12.1 Å². The zero-order valence-electron chi connectivity index (χ0n) is 9.91. The molecule has 100 valence electrons. The van der Waals surface area contributed by atoms with Crippen molar-refractivity contribution in [2.45, 2.75) is 18.9 Å². The van der Waals surface area contributed by atoms with Gasteiger partial charge in [0.15, 0.2) is 0 Å². The van der Waals surface area contributed by atoms with Gasteiger partial charge in [0.2, 0.25) is 10.0 Å². The highest BCUT2D eigenvalue weighted by molar-refractivity contribution is 7.88. The number of hydrogen-bond acceptors (Lipinski definition) is 5. The van der Waals surface area contributed by atoms with Crippen LogP contribution in [0.3, 0.4) is 0 Å². The van der Waals surface area contributed by atoms with Gasteiger partial charge in [0, 0.05) is 6.54 Å². The number of rotatable bonds is 3. The van der Waals surface area contributed by atoms with Crippen LogP contribution in [-0.2, 0) is 10.0 Å². The molecule has 1 aromatic rings. The summed E-state index contributed by atoms with van der Waals surface area (Å²) >= 11 is 5.67. The Hall–Kier alpha value is -0.920. The summed E-state index contributed by atoms with van der Waals surface area (Å²) in [5, 5.41) is 0.434. The molecule has 6 nitrogen and oxygen atoms in total. The van der Waals surface area contributed by atoms with E-state index >= 15 is 0 Å². The lowest BCUT2D eigenvalue weighted by atomic mass is 10.1. The van der Waals surface area contributed by atoms with Crippen LogP contribution in [0.4, 0.5) is 0 Å². The lowest BCUT2D eigenvalue weighted by Crippen LogP contribution is -2.44. The first-order valence-electron chi connectivity index (χ1n) is 5.54. The maximum absolute atomic E-state index is 11.5. The molecule has 1 saturated heterocycles. The van der Waals surface area contributed by atoms with Crippen LogP contribution in [0.15, 0.2) is 12.4 Å². The van der Waals surface area contributed by atoms with E-state index in [1.807, 2.05) is 0 Å². The Morgan fingerprint density at radius 2 is 2.11 bits per heavy atom. The molecule has 1 aliphatic heterocycles. The van der Waals surface area contributed by atoms with Crippen LogP contribution in [0.2, 0.25) is 5.02 Å². The average Bonchev–Trinajstić information content (AvgIpc) is 2.31. The summed E-state index contributed by atoms with van der Waals surface area (Å²) < 4.78 is 29.9. The fourth-order valence-corrected chi connectivity index (χ4v) is 2.81. The minimum atomic E-state index is -3.17. The standard InChI is InChI=1S/C10H14ClN3O3S/c1-18(15,16)14-4-2-3-9(7-14)17-10-12-5-8(11)6-13-10/h5-6,9H,2-4,7H2,1H3/t9-/m0/s1. The monoisotopic (exact) mass is 291 g/mol. The van der Waals surface area contributed by atoms with Crippen molar-refractivity contribution in [1.82, 2.24) is 14.3 Å². The predicted octanol–water partition coefficient (Wildman–Crippen LogP) is 0.933. The lowest BCUT2D eigenvalue weighted by molar-refractivity contribution is 0.119. The Kier molecular flexibility index (Phi) is 4.04. The number of aromatic nitrogens is 2. The minimum absolute atomic E-state index is 0.213. The van der Waals surface area contributed by atoms with E-state index in [1.54, 1.807) is 0 Å². The van der Waals surface area contributed by atoms with Gasteiger partial charge in [-0.25, -0.2) is 18.4 Å². The van der Waals surface area contributed by atoms with Gasteiger partial charge >= 0.3 is 6.01 Å². The van der Waals surface area contributed by atoms with Crippen LogP contribution in [0.5, 0.6) is 6.01 Å². The van der Waals surface area contributed by atoms with E-state index < -0.39 is 10.0 Å². The molecule has 2 heterocycles. The summed E-state index contributed by atoms with van der Waals surface area (Å²) in [4.78, 5) is 7.85. The molecule has 2 rings (SSSR count). The Labute approximate surface area is 111 Å². The van der Waals surface area contributed by atoms with Gasteiger partial charge in [-0.2, -0.15) is 4.31 Å². The van der Waals surface area contributed by atoms with Crippen LogP contribution < -0.4 is 4.74 Å². The summed E-state index contributed by atoms with van der Waals surface area (Å²) in [5.74, 6) is 0. The van der Waals surface area contributed by atoms with E-state index in [1.165, 1.54) is 23.0 Å². The molecule has 0 spiro atoms. The topological polar surface area (TPSA) is 72.4 Å². The number of halogens is 1. The van der Waals surface area contributed by atoms with Crippen molar-refractivity contribution < 1.29 is 13.2 Å². The average molecular weight is 292 g/mol. The molecule has 0 radical (unpaired) electrons. The van der Waals surface area contributed by atoms with Gasteiger partial charge < -0.3 is 4.74 Å². The first-order valence-corrected chi connectivity index (χ1v) is 7.77. The highest BCUT2D eigenvalue weighted by atomic mass is 35.5. The first-order chi connectivity index (χ1) is 8.45. The Bertz CT molecular complexity index is 506. The van der Waals surface area contributed by atoms with Crippen molar-refractivity contribution in [3.8, 4) is 6.01 Å². The molecule has 18 heavy (non-hydrogen) atoms. The smallest absolute Gasteiger partial charge is 0.316 e. The van der Waals surface area contributed by atoms with Gasteiger partial charge in [0.05, 0.1) is 30.2 Å². The van der Waals surface area contributed by atoms with Crippen molar-refractivity contribution in [1.29, 1.82) is 0 Å². The fraction of sp³-hybridized carbons (Fsp3) is 0.600. The quantitative estimate of drug-likeness (QED) is 0.828. The molecule has 0 bridgehead atoms. The van der Waals surface area contributed by atoms with Gasteiger partial charge in [0.25, 0.3) is 0 Å². The van der Waals surface area contributed by atoms with Gasteiger partial charge in [-0.15, -0.1) is 0 Å². The highest BCUT2D eigenvalue weighted by Gasteiger charge is 2.27. The highest BCUT2D eigenvalue weighted by Crippen LogP contribution is 2.17. The van der Waals surface area contributed by atoms with Crippen molar-refractivity contribution in [3.63, 3.8) is 0 Å². The van der Waals surface area contributed by atoms with Crippen LogP contribution in [0, 0.1) is 0 Å². The van der Waals surface area contributed by atoms with E-state index in [2.05, 4.69) is 9.97 Å². The SMILES string of the molecule is CS(=O)(=O)N1CCC[C@H](Oc2ncc(Cl)cn2)C1. The summed E-state index contributed by atoms with van der Waals surface area (Å²) in [7, 11) is -3.17. The second kappa shape index (κ2) is 5.38. The van der Waals surface area contributed by atoms with Gasteiger partial charge in [-0.3, -0.25) is 0 Å². The van der Waals surface area contributed by atoms with Gasteiger partial charge in [0.1, 0.15) is 6.10 Å². The van der Waals surface area contributed by atoms with Gasteiger partial charge in [-0.1, -0.05) is 11.6 Å². The largest absolute Gasteiger partial charge is 0.459 e. The van der Waals surface area contributed by atoms with E-state index in [0.29, 0.717) is 18.1 Å². The van der Waals surface area contributed by atoms with Crippen LogP contribution >= 0.6 is 11.6 Å². The fourth-order valence-electron chi connectivity index (χ4n) is 1.81. The van der Waals surface area contributed by atoms with Crippen molar-refractivity contribution in [2.75, 3.05) is 19.3 Å². The maximum Gasteiger partial charge on any atom is 0.316 e. The lowest BCUT2D eigenvalue weighted by Gasteiger charge is -2.30. The molecule has 1 aromatic heterocycles. The van der Waals surface area contributed by atoms with Crippen LogP contribution in [-0.4, -0.2) is 48.1 Å². The molecule has 1 aliphatic rings. The molecule has 0 saturated carbocycles. The number of ether oxygens (including phenoxy) is 1. The second-order valence-corrected chi connectivity index (χ2v) is 6.61. The Morgan fingerprint density at radius 1 is 1.44 bits per heavy atom. The summed E-state index contributed by atoms with van der Waals surface area (Å²) in [6.07, 6.45) is 5.44. The number of hydrogen-bond donors (Lipinski definition) is 0. The number of sulfonamides is 1. The summed E-state index contributed by atoms with van der Waals surface area (Å²) in [6, 6.07) is 0.222. The van der Waals surface area contributed by atoms with E-state index in [0.717, 1.165) is 12.8 Å². The normalized spacial score (nSPS) is 21.8. The van der Waals surface area contributed by atoms with Crippen molar-refractivity contribution >= 4 is 21.6 Å².